The minimum absolute atomic E-state index is 0.543. The molecule has 3 nitrogen and oxygen atoms in total. The summed E-state index contributed by atoms with van der Waals surface area (Å²) in [7, 11) is 1.22. The molecule has 0 atom stereocenters. The van der Waals surface area contributed by atoms with Gasteiger partial charge in [-0.25, -0.2) is 0 Å². The number of pyridine rings is 1. The van der Waals surface area contributed by atoms with E-state index in [4.69, 9.17) is 8.85 Å². The molecule has 0 unspecified atom stereocenters. The Balaban J connectivity index is 2.30. The molecule has 1 aliphatic rings. The maximum atomic E-state index is 5.87. The highest BCUT2D eigenvalue weighted by molar-refractivity contribution is 6.81. The first kappa shape index (κ1) is 12.7. The van der Waals surface area contributed by atoms with E-state index in [1.165, 1.54) is 32.1 Å². The van der Waals surface area contributed by atoms with Crippen LogP contribution >= 0.6 is 0 Å². The van der Waals surface area contributed by atoms with Gasteiger partial charge in [0.15, 0.2) is 0 Å². The van der Waals surface area contributed by atoms with E-state index in [2.05, 4.69) is 4.98 Å². The Kier molecular flexibility index (Phi) is 4.31. The average Bonchev–Trinajstić information content (AvgIpc) is 2.43. The summed E-state index contributed by atoms with van der Waals surface area (Å²) in [6.07, 6.45) is 8.18. The number of rotatable bonds is 4. The van der Waals surface area contributed by atoms with Crippen LogP contribution in [0.3, 0.4) is 0 Å². The van der Waals surface area contributed by atoms with Gasteiger partial charge in [0.05, 0.1) is 5.32 Å². The van der Waals surface area contributed by atoms with Crippen LogP contribution in [0.15, 0.2) is 24.4 Å². The fraction of sp³-hybridized carbons (Fsp3) is 0.615. The topological polar surface area (TPSA) is 31.4 Å². The summed E-state index contributed by atoms with van der Waals surface area (Å²) < 4.78 is 11.7. The Morgan fingerprint density at radius 1 is 1.12 bits per heavy atom. The Morgan fingerprint density at radius 3 is 2.35 bits per heavy atom. The Bertz CT molecular complexity index is 335. The molecule has 0 aliphatic heterocycles. The van der Waals surface area contributed by atoms with Gasteiger partial charge in [-0.3, -0.25) is 4.98 Å². The Labute approximate surface area is 104 Å². The van der Waals surface area contributed by atoms with Crippen molar-refractivity contribution in [3.63, 3.8) is 0 Å². The summed E-state index contributed by atoms with van der Waals surface area (Å²) in [5.74, 6) is 0. The highest BCUT2D eigenvalue weighted by Gasteiger charge is 2.47. The van der Waals surface area contributed by atoms with E-state index in [1.54, 1.807) is 14.2 Å². The van der Waals surface area contributed by atoms with Gasteiger partial charge in [0.25, 0.3) is 0 Å². The molecular weight excluding hydrogens is 230 g/mol. The molecule has 0 saturated heterocycles. The molecule has 0 spiro atoms. The van der Waals surface area contributed by atoms with Gasteiger partial charge in [0.1, 0.15) is 0 Å². The van der Waals surface area contributed by atoms with E-state index in [1.807, 2.05) is 24.4 Å². The highest BCUT2D eigenvalue weighted by Crippen LogP contribution is 2.37. The minimum atomic E-state index is -2.33. The molecule has 0 aromatic carbocycles. The van der Waals surface area contributed by atoms with Gasteiger partial charge in [0, 0.05) is 26.0 Å². The van der Waals surface area contributed by atoms with E-state index in [-0.39, 0.29) is 0 Å². The summed E-state index contributed by atoms with van der Waals surface area (Å²) in [6.45, 7) is 0. The molecule has 1 saturated carbocycles. The van der Waals surface area contributed by atoms with Crippen molar-refractivity contribution in [3.8, 4) is 0 Å². The van der Waals surface area contributed by atoms with Crippen molar-refractivity contribution in [2.75, 3.05) is 14.2 Å². The van der Waals surface area contributed by atoms with Crippen LogP contribution in [0.5, 0.6) is 0 Å². The largest absolute Gasteiger partial charge is 0.394 e. The molecule has 1 fully saturated rings. The van der Waals surface area contributed by atoms with Crippen LogP contribution in [-0.2, 0) is 8.85 Å². The number of nitrogens with zero attached hydrogens (tertiary/aromatic N) is 1. The van der Waals surface area contributed by atoms with Gasteiger partial charge in [-0.05, 0) is 25.0 Å². The lowest BCUT2D eigenvalue weighted by Crippen LogP contribution is -2.57. The summed E-state index contributed by atoms with van der Waals surface area (Å²) in [6, 6.07) is 6.01. The second-order valence-electron chi connectivity index (χ2n) is 4.63. The Morgan fingerprint density at radius 2 is 1.82 bits per heavy atom. The zero-order valence-corrected chi connectivity index (χ0v) is 11.7. The van der Waals surface area contributed by atoms with Crippen molar-refractivity contribution in [2.45, 2.75) is 37.6 Å². The van der Waals surface area contributed by atoms with Crippen LogP contribution in [0.25, 0.3) is 0 Å². The van der Waals surface area contributed by atoms with Crippen LogP contribution in [0.2, 0.25) is 5.54 Å². The molecule has 1 heterocycles. The van der Waals surface area contributed by atoms with E-state index < -0.39 is 8.56 Å². The van der Waals surface area contributed by atoms with E-state index >= 15 is 0 Å². The second kappa shape index (κ2) is 5.75. The lowest BCUT2D eigenvalue weighted by molar-refractivity contribution is 0.231. The third-order valence-electron chi connectivity index (χ3n) is 3.77. The van der Waals surface area contributed by atoms with Crippen LogP contribution in [0.1, 0.15) is 32.1 Å². The first-order valence-electron chi connectivity index (χ1n) is 6.35. The predicted octanol–water partition coefficient (Wildman–Crippen LogP) is 2.36. The maximum absolute atomic E-state index is 5.87. The quantitative estimate of drug-likeness (QED) is 0.770. The number of hydrogen-bond donors (Lipinski definition) is 0. The van der Waals surface area contributed by atoms with Crippen molar-refractivity contribution in [2.24, 2.45) is 0 Å². The van der Waals surface area contributed by atoms with Crippen LogP contribution < -0.4 is 5.32 Å². The van der Waals surface area contributed by atoms with Gasteiger partial charge in [-0.15, -0.1) is 0 Å². The smallest absolute Gasteiger partial charge is 0.393 e. The number of aromatic nitrogens is 1. The molecule has 4 heteroatoms. The van der Waals surface area contributed by atoms with Gasteiger partial charge >= 0.3 is 8.56 Å². The third-order valence-corrected chi connectivity index (χ3v) is 7.65. The van der Waals surface area contributed by atoms with Crippen LogP contribution in [0, 0.1) is 0 Å². The highest BCUT2D eigenvalue weighted by atomic mass is 28.4. The standard InChI is InChI=1S/C13H21NO2Si/c1-15-17(16-2,12-8-4-3-5-9-12)13-10-6-7-11-14-13/h6-7,10-12H,3-5,8-9H2,1-2H3. The maximum Gasteiger partial charge on any atom is 0.394 e. The van der Waals surface area contributed by atoms with Gasteiger partial charge in [-0.1, -0.05) is 25.3 Å². The summed E-state index contributed by atoms with van der Waals surface area (Å²) >= 11 is 0. The van der Waals surface area contributed by atoms with Crippen molar-refractivity contribution >= 4 is 13.9 Å². The van der Waals surface area contributed by atoms with Crippen LogP contribution in [-0.4, -0.2) is 27.8 Å². The minimum Gasteiger partial charge on any atom is -0.393 e. The van der Waals surface area contributed by atoms with E-state index in [0.717, 1.165) is 5.32 Å². The molecule has 17 heavy (non-hydrogen) atoms. The van der Waals surface area contributed by atoms with Gasteiger partial charge < -0.3 is 8.85 Å². The van der Waals surface area contributed by atoms with Crippen molar-refractivity contribution < 1.29 is 8.85 Å². The molecule has 0 amide bonds. The SMILES string of the molecule is CO[Si](OC)(c1ccccn1)C1CCCCC1. The first-order valence-corrected chi connectivity index (χ1v) is 8.24. The van der Waals surface area contributed by atoms with Crippen molar-refractivity contribution in [1.82, 2.24) is 4.98 Å². The molecular formula is C13H21NO2Si. The first-order chi connectivity index (χ1) is 8.33. The zero-order valence-electron chi connectivity index (χ0n) is 10.7. The normalized spacial score (nSPS) is 18.2. The molecule has 2 rings (SSSR count). The molecule has 1 aromatic heterocycles. The van der Waals surface area contributed by atoms with Crippen molar-refractivity contribution in [3.05, 3.63) is 24.4 Å². The summed E-state index contributed by atoms with van der Waals surface area (Å²) in [4.78, 5) is 4.48. The van der Waals surface area contributed by atoms with E-state index in [0.29, 0.717) is 5.54 Å². The fourth-order valence-electron chi connectivity index (χ4n) is 2.89. The zero-order chi connectivity index (χ0) is 12.1. The monoisotopic (exact) mass is 251 g/mol. The fourth-order valence-corrected chi connectivity index (χ4v) is 6.31. The molecule has 94 valence electrons. The molecule has 0 N–H and O–H groups in total. The van der Waals surface area contributed by atoms with Crippen molar-refractivity contribution in [1.29, 1.82) is 0 Å². The lowest BCUT2D eigenvalue weighted by atomic mass is 10.0. The average molecular weight is 251 g/mol. The molecule has 1 aromatic rings. The molecule has 1 aliphatic carbocycles. The second-order valence-corrected chi connectivity index (χ2v) is 8.11. The van der Waals surface area contributed by atoms with Crippen LogP contribution in [0.4, 0.5) is 0 Å². The summed E-state index contributed by atoms with van der Waals surface area (Å²) in [5, 5.41) is 1.02. The lowest BCUT2D eigenvalue weighted by Gasteiger charge is -2.36. The molecule has 0 radical (unpaired) electrons. The predicted molar refractivity (Wildman–Crippen MR) is 70.5 cm³/mol. The van der Waals surface area contributed by atoms with E-state index in [9.17, 15) is 0 Å². The van der Waals surface area contributed by atoms with Gasteiger partial charge in [-0.2, -0.15) is 0 Å². The van der Waals surface area contributed by atoms with Gasteiger partial charge in [0.2, 0.25) is 0 Å². The Hall–Kier alpha value is -0.713. The third kappa shape index (κ3) is 2.44. The molecule has 0 bridgehead atoms. The summed E-state index contributed by atoms with van der Waals surface area (Å²) in [5.41, 5.74) is 0.543. The number of hydrogen-bond acceptors (Lipinski definition) is 3.